The van der Waals surface area contributed by atoms with Crippen molar-refractivity contribution in [2.24, 2.45) is 5.73 Å². The Labute approximate surface area is 119 Å². The highest BCUT2D eigenvalue weighted by Crippen LogP contribution is 2.36. The quantitative estimate of drug-likeness (QED) is 0.521. The maximum Gasteiger partial charge on any atom is 0.320 e. The first-order valence-corrected chi connectivity index (χ1v) is 6.37. The average Bonchev–Trinajstić information content (AvgIpc) is 2.22. The van der Waals surface area contributed by atoms with Gasteiger partial charge in [-0.15, -0.1) is 0 Å². The largest absolute Gasteiger partial charge is 0.506 e. The van der Waals surface area contributed by atoms with Gasteiger partial charge in [-0.2, -0.15) is 0 Å². The van der Waals surface area contributed by atoms with Crippen LogP contribution in [-0.4, -0.2) is 27.3 Å². The molecule has 88 valence electrons. The van der Waals surface area contributed by atoms with Crippen LogP contribution in [0.1, 0.15) is 5.56 Å². The van der Waals surface area contributed by atoms with Gasteiger partial charge in [0.2, 0.25) is 0 Å². The van der Waals surface area contributed by atoms with Gasteiger partial charge in [-0.25, -0.2) is 0 Å². The minimum Gasteiger partial charge on any atom is -0.506 e. The van der Waals surface area contributed by atoms with E-state index >= 15 is 0 Å². The van der Waals surface area contributed by atoms with E-state index in [0.717, 1.165) is 0 Å². The molecule has 0 bridgehead atoms. The monoisotopic (exact) mass is 449 g/mol. The lowest BCUT2D eigenvalue weighted by molar-refractivity contribution is -0.138. The molecule has 0 aliphatic rings. The molecule has 16 heavy (non-hydrogen) atoms. The fraction of sp³-hybridized carbons (Fsp3) is 0.222. The van der Waals surface area contributed by atoms with Crippen LogP contribution in [0.15, 0.2) is 6.07 Å². The molecule has 5 nitrogen and oxygen atoms in total. The second kappa shape index (κ2) is 5.36. The Balaban J connectivity index is 3.11. The van der Waals surface area contributed by atoms with Crippen molar-refractivity contribution >= 4 is 51.2 Å². The molecular formula is C9H9I2NO4. The number of hydrogen-bond donors (Lipinski definition) is 4. The number of benzene rings is 1. The Kier molecular flexibility index (Phi) is 4.62. The summed E-state index contributed by atoms with van der Waals surface area (Å²) in [6, 6.07) is 0.456. The standard InChI is InChI=1S/C9H9I2NO4/c10-4-1-3(2-5(12)9(15)16)7(13)6(11)8(4)14/h1,5,13-14H,2,12H2,(H,15,16). The zero-order chi connectivity index (χ0) is 12.5. The van der Waals surface area contributed by atoms with Crippen molar-refractivity contribution in [2.45, 2.75) is 12.5 Å². The summed E-state index contributed by atoms with van der Waals surface area (Å²) in [6.45, 7) is 0. The lowest BCUT2D eigenvalue weighted by Crippen LogP contribution is -2.32. The van der Waals surface area contributed by atoms with Crippen LogP contribution < -0.4 is 5.73 Å². The summed E-state index contributed by atoms with van der Waals surface area (Å²) in [4.78, 5) is 10.6. The Morgan fingerprint density at radius 3 is 2.44 bits per heavy atom. The zero-order valence-corrected chi connectivity index (χ0v) is 12.3. The van der Waals surface area contributed by atoms with Gasteiger partial charge in [0.25, 0.3) is 0 Å². The van der Waals surface area contributed by atoms with E-state index < -0.39 is 12.0 Å². The molecule has 5 N–H and O–H groups in total. The number of carbonyl (C=O) groups is 1. The van der Waals surface area contributed by atoms with E-state index in [1.54, 1.807) is 22.6 Å². The summed E-state index contributed by atoms with van der Waals surface area (Å²) < 4.78 is 0.851. The normalized spacial score (nSPS) is 12.4. The van der Waals surface area contributed by atoms with Crippen LogP contribution in [-0.2, 0) is 11.2 Å². The van der Waals surface area contributed by atoms with Crippen LogP contribution in [0.4, 0.5) is 0 Å². The van der Waals surface area contributed by atoms with Gasteiger partial charge in [-0.1, -0.05) is 0 Å². The number of hydrogen-bond acceptors (Lipinski definition) is 4. The lowest BCUT2D eigenvalue weighted by Gasteiger charge is -2.11. The second-order valence-electron chi connectivity index (χ2n) is 3.18. The van der Waals surface area contributed by atoms with Crippen molar-refractivity contribution in [1.82, 2.24) is 0 Å². The number of aromatic hydroxyl groups is 2. The predicted molar refractivity (Wildman–Crippen MR) is 74.5 cm³/mol. The first-order valence-electron chi connectivity index (χ1n) is 4.21. The molecule has 0 spiro atoms. The van der Waals surface area contributed by atoms with Crippen LogP contribution >= 0.6 is 45.2 Å². The number of rotatable bonds is 3. The van der Waals surface area contributed by atoms with Crippen LogP contribution in [0.25, 0.3) is 0 Å². The lowest BCUT2D eigenvalue weighted by atomic mass is 10.1. The van der Waals surface area contributed by atoms with Gasteiger partial charge in [0, 0.05) is 6.42 Å². The van der Waals surface area contributed by atoms with Gasteiger partial charge in [-0.3, -0.25) is 4.79 Å². The first kappa shape index (κ1) is 13.8. The van der Waals surface area contributed by atoms with Gasteiger partial charge >= 0.3 is 5.97 Å². The molecule has 1 aromatic carbocycles. The molecule has 0 fully saturated rings. The van der Waals surface area contributed by atoms with Crippen molar-refractivity contribution in [3.05, 3.63) is 18.8 Å². The average molecular weight is 449 g/mol. The molecule has 0 amide bonds. The SMILES string of the molecule is NC(Cc1cc(I)c(O)c(I)c1O)C(=O)O. The number of phenolic OH excluding ortho intramolecular Hbond substituents is 2. The summed E-state index contributed by atoms with van der Waals surface area (Å²) in [5, 5.41) is 27.9. The fourth-order valence-electron chi connectivity index (χ4n) is 1.13. The molecule has 0 heterocycles. The zero-order valence-electron chi connectivity index (χ0n) is 7.94. The van der Waals surface area contributed by atoms with Crippen molar-refractivity contribution in [1.29, 1.82) is 0 Å². The molecule has 1 atom stereocenters. The van der Waals surface area contributed by atoms with E-state index in [4.69, 9.17) is 10.8 Å². The molecule has 7 heteroatoms. The predicted octanol–water partition coefficient (Wildman–Crippen LogP) is 1.26. The first-order chi connectivity index (χ1) is 7.34. The molecule has 0 aliphatic heterocycles. The van der Waals surface area contributed by atoms with Crippen LogP contribution in [0.2, 0.25) is 0 Å². The van der Waals surface area contributed by atoms with E-state index in [-0.39, 0.29) is 17.9 Å². The fourth-order valence-corrected chi connectivity index (χ4v) is 2.93. The Bertz CT molecular complexity index is 436. The van der Waals surface area contributed by atoms with Crippen LogP contribution in [0.3, 0.4) is 0 Å². The Morgan fingerprint density at radius 1 is 1.38 bits per heavy atom. The number of halogens is 2. The van der Waals surface area contributed by atoms with E-state index in [2.05, 4.69) is 0 Å². The minimum absolute atomic E-state index is 0.00801. The van der Waals surface area contributed by atoms with Crippen LogP contribution in [0.5, 0.6) is 11.5 Å². The molecule has 1 rings (SSSR count). The molecule has 0 aliphatic carbocycles. The van der Waals surface area contributed by atoms with Gasteiger partial charge in [0.1, 0.15) is 17.5 Å². The Morgan fingerprint density at radius 2 is 1.94 bits per heavy atom. The minimum atomic E-state index is -1.13. The van der Waals surface area contributed by atoms with Crippen molar-refractivity contribution in [3.63, 3.8) is 0 Å². The summed E-state index contributed by atoms with van der Waals surface area (Å²) in [7, 11) is 0. The van der Waals surface area contributed by atoms with Gasteiger partial charge in [0.05, 0.1) is 7.14 Å². The molecular weight excluding hydrogens is 440 g/mol. The molecule has 0 saturated heterocycles. The van der Waals surface area contributed by atoms with Crippen molar-refractivity contribution in [3.8, 4) is 11.5 Å². The molecule has 1 unspecified atom stereocenters. The molecule has 0 saturated carbocycles. The topological polar surface area (TPSA) is 104 Å². The smallest absolute Gasteiger partial charge is 0.320 e. The van der Waals surface area contributed by atoms with Crippen molar-refractivity contribution in [2.75, 3.05) is 0 Å². The maximum atomic E-state index is 10.6. The van der Waals surface area contributed by atoms with E-state index in [9.17, 15) is 15.0 Å². The highest BCUT2D eigenvalue weighted by molar-refractivity contribution is 14.1. The number of carboxylic acid groups (broad SMARTS) is 1. The molecule has 0 radical (unpaired) electrons. The number of carboxylic acids is 1. The summed E-state index contributed by atoms with van der Waals surface area (Å²) in [5.41, 5.74) is 5.80. The molecule has 1 aromatic rings. The summed E-state index contributed by atoms with van der Waals surface area (Å²) >= 11 is 3.69. The highest BCUT2D eigenvalue weighted by Gasteiger charge is 2.19. The maximum absolute atomic E-state index is 10.6. The summed E-state index contributed by atoms with van der Waals surface area (Å²) in [5.74, 6) is -1.25. The highest BCUT2D eigenvalue weighted by atomic mass is 127. The van der Waals surface area contributed by atoms with Crippen molar-refractivity contribution < 1.29 is 20.1 Å². The number of phenols is 2. The second-order valence-corrected chi connectivity index (χ2v) is 5.42. The Hall–Kier alpha value is -0.290. The third-order valence-electron chi connectivity index (χ3n) is 2.00. The van der Waals surface area contributed by atoms with Gasteiger partial charge < -0.3 is 21.1 Å². The van der Waals surface area contributed by atoms with Crippen LogP contribution in [0, 0.1) is 7.14 Å². The third-order valence-corrected chi connectivity index (χ3v) is 3.85. The van der Waals surface area contributed by atoms with E-state index in [0.29, 0.717) is 12.7 Å². The summed E-state index contributed by atoms with van der Waals surface area (Å²) in [6.07, 6.45) is 0.0213. The van der Waals surface area contributed by atoms with E-state index in [1.165, 1.54) is 6.07 Å². The third kappa shape index (κ3) is 2.88. The van der Waals surface area contributed by atoms with Gasteiger partial charge in [-0.05, 0) is 56.8 Å². The van der Waals surface area contributed by atoms with E-state index in [1.807, 2.05) is 22.6 Å². The number of nitrogens with two attached hydrogens (primary N) is 1. The molecule has 0 aromatic heterocycles. The number of aliphatic carboxylic acids is 1. The van der Waals surface area contributed by atoms with Gasteiger partial charge in [0.15, 0.2) is 0 Å².